The molecule has 2 aromatic rings. The molecule has 0 aromatic heterocycles. The summed E-state index contributed by atoms with van der Waals surface area (Å²) in [7, 11) is 0. The fourth-order valence-corrected chi connectivity index (χ4v) is 1.63. The van der Waals surface area contributed by atoms with E-state index in [0.29, 0.717) is 6.42 Å². The van der Waals surface area contributed by atoms with Crippen molar-refractivity contribution in [1.82, 2.24) is 0 Å². The van der Waals surface area contributed by atoms with Crippen LogP contribution < -0.4 is 0 Å². The molecule has 0 unspecified atom stereocenters. The first kappa shape index (κ1) is 17.2. The average Bonchev–Trinajstić information content (AvgIpc) is 2.53. The first-order valence-corrected chi connectivity index (χ1v) is 6.79. The predicted molar refractivity (Wildman–Crippen MR) is 85.5 cm³/mol. The number of carboxylic acid groups (broad SMARTS) is 2. The molecule has 22 heavy (non-hydrogen) atoms. The minimum atomic E-state index is -0.922. The Balaban J connectivity index is 0.000000220. The van der Waals surface area contributed by atoms with Crippen LogP contribution in [0.3, 0.4) is 0 Å². The predicted octanol–water partition coefficient (Wildman–Crippen LogP) is 3.49. The van der Waals surface area contributed by atoms with Gasteiger partial charge in [0.15, 0.2) is 0 Å². The summed E-state index contributed by atoms with van der Waals surface area (Å²) in [5.41, 5.74) is 1.98. The summed E-state index contributed by atoms with van der Waals surface area (Å²) in [4.78, 5) is 20.3. The zero-order valence-corrected chi connectivity index (χ0v) is 12.1. The Kier molecular flexibility index (Phi) is 7.76. The van der Waals surface area contributed by atoms with Crippen LogP contribution in [-0.4, -0.2) is 22.2 Å². The molecule has 0 aliphatic heterocycles. The number of rotatable bonds is 5. The molecule has 0 saturated carbocycles. The summed E-state index contributed by atoms with van der Waals surface area (Å²) in [5, 5.41) is 16.7. The van der Waals surface area contributed by atoms with E-state index < -0.39 is 11.9 Å². The van der Waals surface area contributed by atoms with Gasteiger partial charge in [-0.1, -0.05) is 60.7 Å². The number of aryl methyl sites for hydroxylation is 1. The lowest BCUT2D eigenvalue weighted by Gasteiger charge is -1.95. The van der Waals surface area contributed by atoms with Crippen LogP contribution in [0.5, 0.6) is 0 Å². The van der Waals surface area contributed by atoms with Crippen molar-refractivity contribution in [3.05, 3.63) is 77.9 Å². The van der Waals surface area contributed by atoms with Crippen LogP contribution in [0, 0.1) is 0 Å². The Bertz CT molecular complexity index is 603. The third kappa shape index (κ3) is 8.32. The van der Waals surface area contributed by atoms with Crippen LogP contribution in [0.15, 0.2) is 66.7 Å². The minimum absolute atomic E-state index is 0.212. The number of hydrogen-bond acceptors (Lipinski definition) is 2. The highest BCUT2D eigenvalue weighted by atomic mass is 16.4. The van der Waals surface area contributed by atoms with Crippen molar-refractivity contribution in [2.45, 2.75) is 12.8 Å². The molecule has 0 bridgehead atoms. The van der Waals surface area contributed by atoms with E-state index in [9.17, 15) is 9.59 Å². The van der Waals surface area contributed by atoms with E-state index in [1.165, 1.54) is 0 Å². The molecule has 0 atom stereocenters. The van der Waals surface area contributed by atoms with Gasteiger partial charge in [-0.15, -0.1) is 0 Å². The Morgan fingerprint density at radius 3 is 1.91 bits per heavy atom. The summed E-state index contributed by atoms with van der Waals surface area (Å²) >= 11 is 0. The summed E-state index contributed by atoms with van der Waals surface area (Å²) in [6.45, 7) is 0. The van der Waals surface area contributed by atoms with E-state index in [4.69, 9.17) is 10.2 Å². The fourth-order valence-electron chi connectivity index (χ4n) is 1.63. The number of carbonyl (C=O) groups is 2. The number of aliphatic carboxylic acids is 2. The second-order valence-corrected chi connectivity index (χ2v) is 4.46. The first-order valence-electron chi connectivity index (χ1n) is 6.79. The van der Waals surface area contributed by atoms with Gasteiger partial charge in [-0.05, 0) is 23.6 Å². The van der Waals surface area contributed by atoms with E-state index in [1.807, 2.05) is 60.7 Å². The van der Waals surface area contributed by atoms with E-state index in [-0.39, 0.29) is 6.42 Å². The largest absolute Gasteiger partial charge is 0.481 e. The lowest BCUT2D eigenvalue weighted by atomic mass is 10.1. The molecule has 0 aliphatic rings. The van der Waals surface area contributed by atoms with Crippen molar-refractivity contribution in [3.63, 3.8) is 0 Å². The van der Waals surface area contributed by atoms with Crippen LogP contribution in [0.2, 0.25) is 0 Å². The zero-order chi connectivity index (χ0) is 16.2. The minimum Gasteiger partial charge on any atom is -0.481 e. The number of carboxylic acids is 2. The SMILES string of the molecule is O=C(O)/C=C/c1ccccc1.O=C(O)CCc1ccccc1. The highest BCUT2D eigenvalue weighted by Crippen LogP contribution is 2.01. The molecule has 114 valence electrons. The van der Waals surface area contributed by atoms with E-state index in [2.05, 4.69) is 0 Å². The van der Waals surface area contributed by atoms with Crippen molar-refractivity contribution < 1.29 is 19.8 Å². The van der Waals surface area contributed by atoms with E-state index >= 15 is 0 Å². The standard InChI is InChI=1S/C9H10O2.C9H8O2/c2*10-9(11)7-6-8-4-2-1-3-5-8/h1-5H,6-7H2,(H,10,11);1-7H,(H,10,11)/b;7-6+. The Morgan fingerprint density at radius 2 is 1.41 bits per heavy atom. The van der Waals surface area contributed by atoms with Gasteiger partial charge < -0.3 is 10.2 Å². The number of hydrogen-bond donors (Lipinski definition) is 2. The van der Waals surface area contributed by atoms with Crippen molar-refractivity contribution in [2.75, 3.05) is 0 Å². The molecule has 0 spiro atoms. The Labute approximate surface area is 129 Å². The second-order valence-electron chi connectivity index (χ2n) is 4.46. The third-order valence-electron chi connectivity index (χ3n) is 2.69. The Morgan fingerprint density at radius 1 is 0.864 bits per heavy atom. The monoisotopic (exact) mass is 298 g/mol. The smallest absolute Gasteiger partial charge is 0.328 e. The van der Waals surface area contributed by atoms with Gasteiger partial charge in [0, 0.05) is 12.5 Å². The van der Waals surface area contributed by atoms with Crippen molar-refractivity contribution in [1.29, 1.82) is 0 Å². The maximum atomic E-state index is 10.2. The first-order chi connectivity index (χ1) is 10.6. The molecule has 0 amide bonds. The fraction of sp³-hybridized carbons (Fsp3) is 0.111. The summed E-state index contributed by atoms with van der Waals surface area (Å²) in [6, 6.07) is 18.9. The van der Waals surface area contributed by atoms with Crippen LogP contribution in [-0.2, 0) is 16.0 Å². The molecule has 0 aliphatic carbocycles. The van der Waals surface area contributed by atoms with Gasteiger partial charge in [0.05, 0.1) is 0 Å². The van der Waals surface area contributed by atoms with Crippen molar-refractivity contribution in [2.24, 2.45) is 0 Å². The maximum Gasteiger partial charge on any atom is 0.328 e. The van der Waals surface area contributed by atoms with Gasteiger partial charge in [-0.2, -0.15) is 0 Å². The highest BCUT2D eigenvalue weighted by molar-refractivity contribution is 5.85. The Hall–Kier alpha value is -2.88. The van der Waals surface area contributed by atoms with Crippen LogP contribution in [0.4, 0.5) is 0 Å². The van der Waals surface area contributed by atoms with Crippen molar-refractivity contribution in [3.8, 4) is 0 Å². The molecule has 2 rings (SSSR count). The lowest BCUT2D eigenvalue weighted by Crippen LogP contribution is -1.96. The second kappa shape index (κ2) is 9.94. The van der Waals surface area contributed by atoms with E-state index in [0.717, 1.165) is 17.2 Å². The quantitative estimate of drug-likeness (QED) is 0.829. The van der Waals surface area contributed by atoms with Gasteiger partial charge in [0.1, 0.15) is 0 Å². The summed E-state index contributed by atoms with van der Waals surface area (Å²) < 4.78 is 0. The van der Waals surface area contributed by atoms with Crippen LogP contribution in [0.1, 0.15) is 17.5 Å². The summed E-state index contributed by atoms with van der Waals surface area (Å²) in [6.07, 6.45) is 3.51. The molecule has 0 saturated heterocycles. The summed E-state index contributed by atoms with van der Waals surface area (Å²) in [5.74, 6) is -1.66. The van der Waals surface area contributed by atoms with Gasteiger partial charge >= 0.3 is 11.9 Å². The van der Waals surface area contributed by atoms with Gasteiger partial charge in [0.2, 0.25) is 0 Å². The normalized spacial score (nSPS) is 9.82. The molecule has 2 aromatic carbocycles. The molecule has 0 fully saturated rings. The molecule has 0 radical (unpaired) electrons. The third-order valence-corrected chi connectivity index (χ3v) is 2.69. The van der Waals surface area contributed by atoms with Gasteiger partial charge in [-0.25, -0.2) is 4.79 Å². The van der Waals surface area contributed by atoms with E-state index in [1.54, 1.807) is 6.08 Å². The highest BCUT2D eigenvalue weighted by Gasteiger charge is 1.96. The average molecular weight is 298 g/mol. The van der Waals surface area contributed by atoms with Gasteiger partial charge in [0.25, 0.3) is 0 Å². The molecular formula is C18H18O4. The lowest BCUT2D eigenvalue weighted by molar-refractivity contribution is -0.137. The van der Waals surface area contributed by atoms with Gasteiger partial charge in [-0.3, -0.25) is 4.79 Å². The molecule has 2 N–H and O–H groups in total. The zero-order valence-electron chi connectivity index (χ0n) is 12.1. The molecular weight excluding hydrogens is 280 g/mol. The van der Waals surface area contributed by atoms with Crippen LogP contribution in [0.25, 0.3) is 6.08 Å². The molecule has 4 heteroatoms. The van der Waals surface area contributed by atoms with Crippen LogP contribution >= 0.6 is 0 Å². The topological polar surface area (TPSA) is 74.6 Å². The maximum absolute atomic E-state index is 10.2. The van der Waals surface area contributed by atoms with Crippen molar-refractivity contribution >= 4 is 18.0 Å². The molecule has 0 heterocycles. The number of benzene rings is 2. The molecule has 4 nitrogen and oxygen atoms in total.